The summed E-state index contributed by atoms with van der Waals surface area (Å²) in [6.45, 7) is 3.62. The van der Waals surface area contributed by atoms with Gasteiger partial charge in [0.2, 0.25) is 0 Å². The summed E-state index contributed by atoms with van der Waals surface area (Å²) in [4.78, 5) is 15.4. The van der Waals surface area contributed by atoms with Gasteiger partial charge >= 0.3 is 0 Å². The van der Waals surface area contributed by atoms with Crippen LogP contribution in [-0.4, -0.2) is 30.3 Å². The molecule has 2 nitrogen and oxygen atoms in total. The summed E-state index contributed by atoms with van der Waals surface area (Å²) in [5.74, 6) is 0.323. The first-order chi connectivity index (χ1) is 9.77. The maximum atomic E-state index is 11.9. The summed E-state index contributed by atoms with van der Waals surface area (Å²) in [7, 11) is 0. The molecule has 1 spiro atoms. The van der Waals surface area contributed by atoms with E-state index >= 15 is 0 Å². The van der Waals surface area contributed by atoms with Crippen molar-refractivity contribution in [1.29, 1.82) is 0 Å². The standard InChI is InChI=1S/C17H25NOS/c19-15(16-6-4-14-20-16)5-3-11-18-12-9-17(10-13-18)7-1-2-8-17/h4,6,14H,1-3,5,7-13H2. The molecule has 0 N–H and O–H groups in total. The zero-order valence-electron chi connectivity index (χ0n) is 12.3. The highest BCUT2D eigenvalue weighted by Gasteiger charge is 2.36. The van der Waals surface area contributed by atoms with Crippen molar-refractivity contribution in [2.45, 2.75) is 51.4 Å². The lowest BCUT2D eigenvalue weighted by Gasteiger charge is -2.39. The fraction of sp³-hybridized carbons (Fsp3) is 0.706. The number of likely N-dealkylation sites (tertiary alicyclic amines) is 1. The number of ketones is 1. The van der Waals surface area contributed by atoms with Gasteiger partial charge in [-0.1, -0.05) is 18.9 Å². The fourth-order valence-electron chi connectivity index (χ4n) is 3.90. The van der Waals surface area contributed by atoms with Gasteiger partial charge in [0.25, 0.3) is 0 Å². The van der Waals surface area contributed by atoms with Crippen LogP contribution in [0.3, 0.4) is 0 Å². The first-order valence-electron chi connectivity index (χ1n) is 8.07. The quantitative estimate of drug-likeness (QED) is 0.751. The molecule has 0 atom stereocenters. The van der Waals surface area contributed by atoms with E-state index in [9.17, 15) is 4.79 Å². The highest BCUT2D eigenvalue weighted by atomic mass is 32.1. The number of hydrogen-bond acceptors (Lipinski definition) is 3. The number of hydrogen-bond donors (Lipinski definition) is 0. The zero-order chi connectivity index (χ0) is 13.8. The van der Waals surface area contributed by atoms with Gasteiger partial charge < -0.3 is 4.90 Å². The molecule has 1 aromatic heterocycles. The molecule has 0 radical (unpaired) electrons. The predicted octanol–water partition coefficient (Wildman–Crippen LogP) is 4.37. The summed E-state index contributed by atoms with van der Waals surface area (Å²) in [6, 6.07) is 3.90. The van der Waals surface area contributed by atoms with Crippen LogP contribution in [0, 0.1) is 5.41 Å². The Balaban J connectivity index is 1.37. The summed E-state index contributed by atoms with van der Waals surface area (Å²) in [5, 5.41) is 1.99. The van der Waals surface area contributed by atoms with Gasteiger partial charge in [0.05, 0.1) is 4.88 Å². The van der Waals surface area contributed by atoms with Gasteiger partial charge in [-0.2, -0.15) is 0 Å². The lowest BCUT2D eigenvalue weighted by molar-refractivity contribution is 0.0939. The lowest BCUT2D eigenvalue weighted by Crippen LogP contribution is -2.39. The van der Waals surface area contributed by atoms with Crippen LogP contribution in [0.1, 0.15) is 61.0 Å². The molecule has 110 valence electrons. The molecule has 0 amide bonds. The fourth-order valence-corrected chi connectivity index (χ4v) is 4.59. The molecule has 2 fully saturated rings. The Morgan fingerprint density at radius 1 is 1.20 bits per heavy atom. The van der Waals surface area contributed by atoms with Crippen molar-refractivity contribution in [3.8, 4) is 0 Å². The molecule has 0 bridgehead atoms. The van der Waals surface area contributed by atoms with Crippen molar-refractivity contribution in [2.75, 3.05) is 19.6 Å². The number of Topliss-reactive ketones (excluding diaryl/α,β-unsaturated/α-hetero) is 1. The van der Waals surface area contributed by atoms with E-state index in [-0.39, 0.29) is 0 Å². The Morgan fingerprint density at radius 3 is 2.60 bits per heavy atom. The van der Waals surface area contributed by atoms with E-state index in [1.165, 1.54) is 51.6 Å². The SMILES string of the molecule is O=C(CCCN1CCC2(CCCC2)CC1)c1cccs1. The Hall–Kier alpha value is -0.670. The van der Waals surface area contributed by atoms with Crippen molar-refractivity contribution >= 4 is 17.1 Å². The van der Waals surface area contributed by atoms with E-state index in [1.54, 1.807) is 11.3 Å². The number of thiophene rings is 1. The second-order valence-electron chi connectivity index (χ2n) is 6.55. The van der Waals surface area contributed by atoms with E-state index in [4.69, 9.17) is 0 Å². The van der Waals surface area contributed by atoms with Gasteiger partial charge in [-0.25, -0.2) is 0 Å². The molecule has 1 aliphatic carbocycles. The van der Waals surface area contributed by atoms with Crippen LogP contribution in [0.2, 0.25) is 0 Å². The number of piperidine rings is 1. The van der Waals surface area contributed by atoms with Crippen molar-refractivity contribution in [1.82, 2.24) is 4.90 Å². The Morgan fingerprint density at radius 2 is 1.95 bits per heavy atom. The Kier molecular flexibility index (Phi) is 4.57. The maximum Gasteiger partial charge on any atom is 0.172 e. The molecule has 1 aliphatic heterocycles. The molecule has 2 aliphatic rings. The van der Waals surface area contributed by atoms with Gasteiger partial charge in [0.1, 0.15) is 0 Å². The summed E-state index contributed by atoms with van der Waals surface area (Å²) >= 11 is 1.57. The minimum Gasteiger partial charge on any atom is -0.303 e. The zero-order valence-corrected chi connectivity index (χ0v) is 13.1. The number of rotatable bonds is 5. The summed E-state index contributed by atoms with van der Waals surface area (Å²) in [5.41, 5.74) is 0.712. The van der Waals surface area contributed by atoms with Crippen molar-refractivity contribution in [3.05, 3.63) is 22.4 Å². The highest BCUT2D eigenvalue weighted by molar-refractivity contribution is 7.12. The van der Waals surface area contributed by atoms with Crippen LogP contribution in [0.5, 0.6) is 0 Å². The molecule has 1 aromatic rings. The molecule has 2 heterocycles. The monoisotopic (exact) mass is 291 g/mol. The van der Waals surface area contributed by atoms with E-state index in [1.807, 2.05) is 17.5 Å². The van der Waals surface area contributed by atoms with Crippen LogP contribution >= 0.6 is 11.3 Å². The lowest BCUT2D eigenvalue weighted by atomic mass is 9.77. The molecule has 0 aromatic carbocycles. The third-order valence-electron chi connectivity index (χ3n) is 5.26. The third kappa shape index (κ3) is 3.32. The Bertz CT molecular complexity index is 424. The van der Waals surface area contributed by atoms with Gasteiger partial charge in [0, 0.05) is 6.42 Å². The average Bonchev–Trinajstić information content (AvgIpc) is 3.13. The summed E-state index contributed by atoms with van der Waals surface area (Å²) in [6.07, 6.45) is 10.4. The molecule has 1 saturated carbocycles. The van der Waals surface area contributed by atoms with Crippen molar-refractivity contribution in [3.63, 3.8) is 0 Å². The number of nitrogens with zero attached hydrogens (tertiary/aromatic N) is 1. The second-order valence-corrected chi connectivity index (χ2v) is 7.50. The van der Waals surface area contributed by atoms with Gasteiger partial charge in [-0.3, -0.25) is 4.79 Å². The normalized spacial score (nSPS) is 22.4. The second kappa shape index (κ2) is 6.40. The molecule has 0 unspecified atom stereocenters. The molecule has 20 heavy (non-hydrogen) atoms. The van der Waals surface area contributed by atoms with Crippen LogP contribution in [0.4, 0.5) is 0 Å². The molecular weight excluding hydrogens is 266 g/mol. The first-order valence-corrected chi connectivity index (χ1v) is 8.95. The van der Waals surface area contributed by atoms with Crippen LogP contribution in [0.25, 0.3) is 0 Å². The van der Waals surface area contributed by atoms with Crippen LogP contribution < -0.4 is 0 Å². The maximum absolute atomic E-state index is 11.9. The molecular formula is C17H25NOS. The third-order valence-corrected chi connectivity index (χ3v) is 6.17. The number of carbonyl (C=O) groups excluding carboxylic acids is 1. The van der Waals surface area contributed by atoms with Gasteiger partial charge in [-0.15, -0.1) is 11.3 Å². The smallest absolute Gasteiger partial charge is 0.172 e. The highest BCUT2D eigenvalue weighted by Crippen LogP contribution is 2.46. The molecule has 1 saturated heterocycles. The number of carbonyl (C=O) groups is 1. The van der Waals surface area contributed by atoms with Crippen LogP contribution in [0.15, 0.2) is 17.5 Å². The minimum atomic E-state index is 0.323. The van der Waals surface area contributed by atoms with Gasteiger partial charge in [0.15, 0.2) is 5.78 Å². The van der Waals surface area contributed by atoms with E-state index in [0.29, 0.717) is 17.6 Å². The topological polar surface area (TPSA) is 20.3 Å². The average molecular weight is 291 g/mol. The predicted molar refractivity (Wildman–Crippen MR) is 84.5 cm³/mol. The van der Waals surface area contributed by atoms with Crippen molar-refractivity contribution in [2.24, 2.45) is 5.41 Å². The molecule has 3 rings (SSSR count). The van der Waals surface area contributed by atoms with Gasteiger partial charge in [-0.05, 0) is 68.6 Å². The minimum absolute atomic E-state index is 0.323. The van der Waals surface area contributed by atoms with Crippen molar-refractivity contribution < 1.29 is 4.79 Å². The first kappa shape index (κ1) is 14.3. The van der Waals surface area contributed by atoms with E-state index in [0.717, 1.165) is 17.8 Å². The van der Waals surface area contributed by atoms with E-state index < -0.39 is 0 Å². The van der Waals surface area contributed by atoms with E-state index in [2.05, 4.69) is 4.90 Å². The summed E-state index contributed by atoms with van der Waals surface area (Å²) < 4.78 is 0. The van der Waals surface area contributed by atoms with Crippen LogP contribution in [-0.2, 0) is 0 Å². The Labute approximate surface area is 126 Å². The molecule has 3 heteroatoms. The largest absolute Gasteiger partial charge is 0.303 e.